The smallest absolute Gasteiger partial charge is 0.252 e. The number of halogens is 1. The van der Waals surface area contributed by atoms with E-state index in [0.717, 1.165) is 18.4 Å². The molecule has 3 aromatic rings. The lowest BCUT2D eigenvalue weighted by Gasteiger charge is -2.12. The fourth-order valence-electron chi connectivity index (χ4n) is 3.02. The van der Waals surface area contributed by atoms with Crippen molar-refractivity contribution in [2.45, 2.75) is 12.8 Å². The number of hydrogen-bond donors (Lipinski definition) is 2. The number of aromatic nitrogens is 3. The Morgan fingerprint density at radius 1 is 1.38 bits per heavy atom. The van der Waals surface area contributed by atoms with E-state index in [0.29, 0.717) is 34.1 Å². The van der Waals surface area contributed by atoms with Crippen LogP contribution in [0.15, 0.2) is 36.5 Å². The Morgan fingerprint density at radius 3 is 2.85 bits per heavy atom. The van der Waals surface area contributed by atoms with E-state index in [9.17, 15) is 9.90 Å². The maximum Gasteiger partial charge on any atom is 0.252 e. The molecule has 4 rings (SSSR count). The standard InChI is InChI=1S/C19H19ClN4O2/c1-24-16(13-4-2-3-5-14(13)20)23-15-8-12(9-21-17(15)24)18(26)22-10-19(11-25)6-7-19/h2-5,8-9,25H,6-7,10-11H2,1H3,(H,22,26). The van der Waals surface area contributed by atoms with Crippen LogP contribution in [0.25, 0.3) is 22.6 Å². The third-order valence-corrected chi connectivity index (χ3v) is 5.33. The first-order valence-electron chi connectivity index (χ1n) is 8.49. The number of aliphatic hydroxyl groups is 1. The van der Waals surface area contributed by atoms with E-state index < -0.39 is 0 Å². The van der Waals surface area contributed by atoms with Crippen molar-refractivity contribution in [3.8, 4) is 11.4 Å². The van der Waals surface area contributed by atoms with Crippen LogP contribution in [0, 0.1) is 5.41 Å². The molecule has 0 saturated heterocycles. The first-order chi connectivity index (χ1) is 12.5. The highest BCUT2D eigenvalue weighted by molar-refractivity contribution is 6.33. The number of carbonyl (C=O) groups excluding carboxylic acids is 1. The number of hydrogen-bond acceptors (Lipinski definition) is 4. The zero-order chi connectivity index (χ0) is 18.3. The van der Waals surface area contributed by atoms with Crippen LogP contribution < -0.4 is 5.32 Å². The van der Waals surface area contributed by atoms with Crippen molar-refractivity contribution in [2.75, 3.05) is 13.2 Å². The van der Waals surface area contributed by atoms with Crippen LogP contribution in [0.1, 0.15) is 23.2 Å². The molecule has 1 aromatic carbocycles. The fourth-order valence-corrected chi connectivity index (χ4v) is 3.24. The quantitative estimate of drug-likeness (QED) is 0.723. The molecule has 1 fully saturated rings. The van der Waals surface area contributed by atoms with E-state index in [1.54, 1.807) is 12.3 Å². The zero-order valence-corrected chi connectivity index (χ0v) is 15.1. The Hall–Kier alpha value is -2.44. The Morgan fingerprint density at radius 2 is 2.15 bits per heavy atom. The molecule has 0 atom stereocenters. The molecule has 2 aromatic heterocycles. The first-order valence-corrected chi connectivity index (χ1v) is 8.87. The highest BCUT2D eigenvalue weighted by Gasteiger charge is 2.42. The summed E-state index contributed by atoms with van der Waals surface area (Å²) >= 11 is 6.29. The van der Waals surface area contributed by atoms with Gasteiger partial charge in [-0.15, -0.1) is 0 Å². The van der Waals surface area contributed by atoms with Gasteiger partial charge in [0.2, 0.25) is 0 Å². The molecule has 26 heavy (non-hydrogen) atoms. The van der Waals surface area contributed by atoms with Crippen LogP contribution in [-0.4, -0.2) is 38.7 Å². The molecule has 6 nitrogen and oxygen atoms in total. The molecule has 0 bridgehead atoms. The van der Waals surface area contributed by atoms with Crippen molar-refractivity contribution < 1.29 is 9.90 Å². The average Bonchev–Trinajstić information content (AvgIpc) is 3.38. The monoisotopic (exact) mass is 370 g/mol. The second kappa shape index (κ2) is 6.37. The van der Waals surface area contributed by atoms with E-state index in [-0.39, 0.29) is 17.9 Å². The second-order valence-corrected chi connectivity index (χ2v) is 7.29. The maximum absolute atomic E-state index is 12.4. The Kier molecular flexibility index (Phi) is 4.17. The highest BCUT2D eigenvalue weighted by atomic mass is 35.5. The summed E-state index contributed by atoms with van der Waals surface area (Å²) in [6.45, 7) is 0.583. The van der Waals surface area contributed by atoms with Crippen LogP contribution in [0.5, 0.6) is 0 Å². The molecule has 2 N–H and O–H groups in total. The summed E-state index contributed by atoms with van der Waals surface area (Å²) in [5.41, 5.74) is 2.47. The van der Waals surface area contributed by atoms with Crippen molar-refractivity contribution in [1.29, 1.82) is 0 Å². The van der Waals surface area contributed by atoms with Gasteiger partial charge in [-0.1, -0.05) is 23.7 Å². The van der Waals surface area contributed by atoms with Crippen molar-refractivity contribution in [3.05, 3.63) is 47.1 Å². The molecule has 1 aliphatic rings. The number of nitrogens with zero attached hydrogens (tertiary/aromatic N) is 3. The fraction of sp³-hybridized carbons (Fsp3) is 0.316. The zero-order valence-electron chi connectivity index (χ0n) is 14.4. The highest BCUT2D eigenvalue weighted by Crippen LogP contribution is 2.44. The lowest BCUT2D eigenvalue weighted by atomic mass is 10.1. The molecule has 0 radical (unpaired) electrons. The molecule has 0 unspecified atom stereocenters. The topological polar surface area (TPSA) is 80.0 Å². The summed E-state index contributed by atoms with van der Waals surface area (Å²) in [4.78, 5) is 21.4. The molecule has 7 heteroatoms. The van der Waals surface area contributed by atoms with Crippen molar-refractivity contribution in [3.63, 3.8) is 0 Å². The minimum absolute atomic E-state index is 0.103. The SMILES string of the molecule is Cn1c(-c2ccccc2Cl)nc2cc(C(=O)NCC3(CO)CC3)cnc21. The molecule has 1 saturated carbocycles. The average molecular weight is 371 g/mol. The molecule has 0 aliphatic heterocycles. The molecule has 1 aliphatic carbocycles. The van der Waals surface area contributed by atoms with Crippen molar-refractivity contribution in [2.24, 2.45) is 12.5 Å². The van der Waals surface area contributed by atoms with Gasteiger partial charge in [0.05, 0.1) is 17.2 Å². The van der Waals surface area contributed by atoms with Crippen LogP contribution >= 0.6 is 11.6 Å². The maximum atomic E-state index is 12.4. The number of nitrogens with one attached hydrogen (secondary N) is 1. The van der Waals surface area contributed by atoms with Crippen molar-refractivity contribution in [1.82, 2.24) is 19.9 Å². The number of benzene rings is 1. The summed E-state index contributed by atoms with van der Waals surface area (Å²) in [5, 5.41) is 12.9. The molecule has 1 amide bonds. The van der Waals surface area contributed by atoms with Gasteiger partial charge in [0, 0.05) is 30.8 Å². The minimum Gasteiger partial charge on any atom is -0.396 e. The Bertz CT molecular complexity index is 994. The van der Waals surface area contributed by atoms with Gasteiger partial charge in [-0.05, 0) is 31.0 Å². The van der Waals surface area contributed by atoms with E-state index >= 15 is 0 Å². The van der Waals surface area contributed by atoms with Gasteiger partial charge in [-0.2, -0.15) is 0 Å². The third kappa shape index (κ3) is 2.95. The van der Waals surface area contributed by atoms with E-state index in [1.807, 2.05) is 35.9 Å². The third-order valence-electron chi connectivity index (χ3n) is 5.00. The van der Waals surface area contributed by atoms with E-state index in [1.165, 1.54) is 0 Å². The normalized spacial score (nSPS) is 15.2. The number of carbonyl (C=O) groups is 1. The lowest BCUT2D eigenvalue weighted by molar-refractivity contribution is 0.0935. The van der Waals surface area contributed by atoms with Gasteiger partial charge in [0.15, 0.2) is 5.65 Å². The number of aryl methyl sites for hydroxylation is 1. The lowest BCUT2D eigenvalue weighted by Crippen LogP contribution is -2.31. The molecule has 0 spiro atoms. The molecular formula is C19H19ClN4O2. The second-order valence-electron chi connectivity index (χ2n) is 6.88. The number of fused-ring (bicyclic) bond motifs is 1. The number of aliphatic hydroxyl groups excluding tert-OH is 1. The van der Waals surface area contributed by atoms with Gasteiger partial charge in [0.1, 0.15) is 11.3 Å². The number of pyridine rings is 1. The first kappa shape index (κ1) is 17.0. The predicted octanol–water partition coefficient (Wildman–Crippen LogP) is 2.79. The molecule has 134 valence electrons. The minimum atomic E-state index is -0.205. The van der Waals surface area contributed by atoms with Gasteiger partial charge in [-0.25, -0.2) is 9.97 Å². The number of amides is 1. The predicted molar refractivity (Wildman–Crippen MR) is 100 cm³/mol. The Balaban J connectivity index is 1.63. The summed E-state index contributed by atoms with van der Waals surface area (Å²) in [6.07, 6.45) is 3.44. The summed E-state index contributed by atoms with van der Waals surface area (Å²) < 4.78 is 1.86. The van der Waals surface area contributed by atoms with E-state index in [4.69, 9.17) is 11.6 Å². The largest absolute Gasteiger partial charge is 0.396 e. The van der Waals surface area contributed by atoms with Gasteiger partial charge >= 0.3 is 0 Å². The number of rotatable bonds is 5. The Labute approximate surface area is 155 Å². The number of imidazole rings is 1. The summed E-state index contributed by atoms with van der Waals surface area (Å²) in [6, 6.07) is 9.23. The van der Waals surface area contributed by atoms with Crippen LogP contribution in [0.3, 0.4) is 0 Å². The molecular weight excluding hydrogens is 352 g/mol. The van der Waals surface area contributed by atoms with Crippen LogP contribution in [0.4, 0.5) is 0 Å². The van der Waals surface area contributed by atoms with Gasteiger partial charge in [-0.3, -0.25) is 4.79 Å². The van der Waals surface area contributed by atoms with Crippen molar-refractivity contribution >= 4 is 28.7 Å². The van der Waals surface area contributed by atoms with Gasteiger partial charge < -0.3 is 15.0 Å². The summed E-state index contributed by atoms with van der Waals surface area (Å²) in [7, 11) is 1.87. The summed E-state index contributed by atoms with van der Waals surface area (Å²) in [5.74, 6) is 0.497. The van der Waals surface area contributed by atoms with E-state index in [2.05, 4.69) is 15.3 Å². The van der Waals surface area contributed by atoms with Crippen LogP contribution in [-0.2, 0) is 7.05 Å². The van der Waals surface area contributed by atoms with Crippen LogP contribution in [0.2, 0.25) is 5.02 Å². The molecule has 2 heterocycles. The van der Waals surface area contributed by atoms with Gasteiger partial charge in [0.25, 0.3) is 5.91 Å².